The third-order valence-electron chi connectivity index (χ3n) is 13.5. The second kappa shape index (κ2) is 22.4. The van der Waals surface area contributed by atoms with Crippen molar-refractivity contribution < 1.29 is 99.4 Å². The summed E-state index contributed by atoms with van der Waals surface area (Å²) >= 11 is 0. The zero-order valence-electron chi connectivity index (χ0n) is 41.6. The number of carboxylic acid groups (broad SMARTS) is 4. The standard InChI is InChI=1S/C60H48O20/c61-45-21-47(63)39-17-37(45)57(29-1-9-33(10-2-29)77-25-53(69)70)38-18-40(48(64)22-46(38)62)59(31-5-13-35(14-6-31)79-27-55(73)74)42-20-44(52(68)24-50(42)66)60(32-7-15-36(16-8-32)80-28-56(75)76)43-19-41(49(65)23-51(43)67)58(39)30-3-11-34(12-4-30)78-26-54(71)72/h1-24,57-68H,25-28H2,(H,69,70)(H,71,72)(H,73,74)(H,75,76). The van der Waals surface area contributed by atoms with Gasteiger partial charge in [0.25, 0.3) is 0 Å². The quantitative estimate of drug-likeness (QED) is 0.0433. The molecule has 0 saturated carbocycles. The molecule has 0 heterocycles. The highest BCUT2D eigenvalue weighted by atomic mass is 16.5. The van der Waals surface area contributed by atoms with Crippen LogP contribution >= 0.6 is 0 Å². The average molecular weight is 1090 g/mol. The van der Waals surface area contributed by atoms with Gasteiger partial charge in [-0.1, -0.05) is 48.5 Å². The molecule has 0 aromatic heterocycles. The number of aliphatic carboxylic acids is 4. The molecule has 20 nitrogen and oxygen atoms in total. The minimum Gasteiger partial charge on any atom is -0.507 e. The van der Waals surface area contributed by atoms with Crippen molar-refractivity contribution in [2.75, 3.05) is 26.4 Å². The van der Waals surface area contributed by atoms with E-state index < -0.39 is 120 Å². The van der Waals surface area contributed by atoms with Crippen LogP contribution in [0.5, 0.6) is 69.0 Å². The Balaban J connectivity index is 1.40. The molecule has 0 radical (unpaired) electrons. The number of fused-ring (bicyclic) bond motifs is 8. The lowest BCUT2D eigenvalue weighted by atomic mass is 9.75. The van der Waals surface area contributed by atoms with Crippen LogP contribution in [0, 0.1) is 0 Å². The lowest BCUT2D eigenvalue weighted by molar-refractivity contribution is -0.140. The minimum atomic E-state index is -1.28. The molecule has 12 N–H and O–H groups in total. The van der Waals surface area contributed by atoms with Gasteiger partial charge in [0.15, 0.2) is 26.4 Å². The smallest absolute Gasteiger partial charge is 0.341 e. The molecule has 9 rings (SSSR count). The molecule has 20 heteroatoms. The van der Waals surface area contributed by atoms with E-state index in [0.717, 1.165) is 24.3 Å². The molecular formula is C60H48O20. The molecule has 1 aliphatic rings. The second-order valence-electron chi connectivity index (χ2n) is 18.6. The summed E-state index contributed by atoms with van der Waals surface area (Å²) in [5.41, 5.74) is 1.21. The van der Waals surface area contributed by atoms with Crippen LogP contribution < -0.4 is 18.9 Å². The summed E-state index contributed by atoms with van der Waals surface area (Å²) in [6, 6.07) is 33.6. The topological polar surface area (TPSA) is 348 Å². The Morgan fingerprint density at radius 2 is 0.412 bits per heavy atom. The maximum absolute atomic E-state index is 12.1. The molecule has 0 fully saturated rings. The molecule has 0 unspecified atom stereocenters. The van der Waals surface area contributed by atoms with Crippen LogP contribution in [-0.2, 0) is 19.2 Å². The number of benzene rings is 8. The first-order valence-corrected chi connectivity index (χ1v) is 24.3. The maximum Gasteiger partial charge on any atom is 0.341 e. The lowest BCUT2D eigenvalue weighted by Crippen LogP contribution is -2.13. The van der Waals surface area contributed by atoms with Gasteiger partial charge in [0.05, 0.1) is 0 Å². The van der Waals surface area contributed by atoms with Gasteiger partial charge in [0, 0.05) is 92.4 Å². The van der Waals surface area contributed by atoms with Gasteiger partial charge in [-0.2, -0.15) is 0 Å². The largest absolute Gasteiger partial charge is 0.507 e. The molecule has 80 heavy (non-hydrogen) atoms. The van der Waals surface area contributed by atoms with E-state index >= 15 is 0 Å². The van der Waals surface area contributed by atoms with Gasteiger partial charge in [0.1, 0.15) is 69.0 Å². The molecule has 8 bridgehead atoms. The van der Waals surface area contributed by atoms with Crippen molar-refractivity contribution in [1.29, 1.82) is 0 Å². The molecule has 0 atom stereocenters. The van der Waals surface area contributed by atoms with Crippen molar-refractivity contribution in [2.24, 2.45) is 0 Å². The van der Waals surface area contributed by atoms with Gasteiger partial charge in [-0.25, -0.2) is 19.2 Å². The SMILES string of the molecule is O=C(O)COc1ccc(C2c3cc(c(O)cc3O)C(c3ccc(OCC(=O)O)cc3)c3cc(c(O)cc3O)C(c3ccc(OCC(=O)O)cc3)c3cc(c(O)cc3O)C(c3ccc(OCC(=O)O)cc3)c3cc2c(O)cc3O)cc1. The molecule has 1 aliphatic carbocycles. The third kappa shape index (κ3) is 11.3. The normalized spacial score (nSPS) is 15.5. The van der Waals surface area contributed by atoms with Gasteiger partial charge in [0.2, 0.25) is 0 Å². The summed E-state index contributed by atoms with van der Waals surface area (Å²) in [4.78, 5) is 45.8. The number of hydrogen-bond donors (Lipinski definition) is 12. The predicted octanol–water partition coefficient (Wildman–Crippen LogP) is 8.22. The van der Waals surface area contributed by atoms with Crippen LogP contribution in [0.2, 0.25) is 0 Å². The zero-order valence-corrected chi connectivity index (χ0v) is 41.6. The van der Waals surface area contributed by atoms with Gasteiger partial charge >= 0.3 is 23.9 Å². The van der Waals surface area contributed by atoms with E-state index in [4.69, 9.17) is 18.9 Å². The van der Waals surface area contributed by atoms with Crippen molar-refractivity contribution >= 4 is 23.9 Å². The first-order chi connectivity index (χ1) is 38.2. The predicted molar refractivity (Wildman–Crippen MR) is 281 cm³/mol. The zero-order chi connectivity index (χ0) is 57.1. The Bertz CT molecular complexity index is 3080. The highest BCUT2D eigenvalue weighted by Crippen LogP contribution is 2.54. The van der Waals surface area contributed by atoms with E-state index in [9.17, 15) is 80.5 Å². The Morgan fingerprint density at radius 1 is 0.263 bits per heavy atom. The van der Waals surface area contributed by atoms with E-state index in [0.29, 0.717) is 22.3 Å². The van der Waals surface area contributed by atoms with Crippen molar-refractivity contribution in [3.05, 3.63) is 212 Å². The number of hydrogen-bond acceptors (Lipinski definition) is 16. The molecule has 0 saturated heterocycles. The molecular weight excluding hydrogens is 1040 g/mol. The fraction of sp³-hybridized carbons (Fsp3) is 0.133. The fourth-order valence-electron chi connectivity index (χ4n) is 10.0. The molecule has 0 spiro atoms. The summed E-state index contributed by atoms with van der Waals surface area (Å²) < 4.78 is 21.7. The molecule has 0 aliphatic heterocycles. The van der Waals surface area contributed by atoms with E-state index in [2.05, 4.69) is 0 Å². The average Bonchev–Trinajstić information content (AvgIpc) is 3.59. The number of carboxylic acids is 4. The summed E-state index contributed by atoms with van der Waals surface area (Å²) in [5.74, 6) is -13.9. The van der Waals surface area contributed by atoms with E-state index in [1.54, 1.807) is 0 Å². The van der Waals surface area contributed by atoms with Crippen molar-refractivity contribution in [2.45, 2.75) is 23.7 Å². The first kappa shape index (κ1) is 54.0. The van der Waals surface area contributed by atoms with Gasteiger partial charge in [-0.05, 0) is 95.1 Å². The number of phenols is 8. The second-order valence-corrected chi connectivity index (χ2v) is 18.6. The monoisotopic (exact) mass is 1090 g/mol. The van der Waals surface area contributed by atoms with Crippen molar-refractivity contribution in [3.63, 3.8) is 0 Å². The molecule has 8 aromatic rings. The Kier molecular flexibility index (Phi) is 15.2. The third-order valence-corrected chi connectivity index (χ3v) is 13.5. The number of carbonyl (C=O) groups is 4. The van der Waals surface area contributed by atoms with Crippen LogP contribution in [0.1, 0.15) is 90.4 Å². The van der Waals surface area contributed by atoms with Crippen LogP contribution in [0.3, 0.4) is 0 Å². The van der Waals surface area contributed by atoms with Crippen molar-refractivity contribution in [1.82, 2.24) is 0 Å². The molecule has 0 amide bonds. The van der Waals surface area contributed by atoms with Crippen LogP contribution in [0.15, 0.2) is 146 Å². The highest BCUT2D eigenvalue weighted by molar-refractivity contribution is 5.71. The van der Waals surface area contributed by atoms with E-state index in [-0.39, 0.29) is 67.5 Å². The fourth-order valence-corrected chi connectivity index (χ4v) is 10.0. The number of ether oxygens (including phenoxy) is 4. The van der Waals surface area contributed by atoms with Crippen LogP contribution in [-0.4, -0.2) is 112 Å². The van der Waals surface area contributed by atoms with Gasteiger partial charge in [-0.15, -0.1) is 0 Å². The highest BCUT2D eigenvalue weighted by Gasteiger charge is 2.35. The summed E-state index contributed by atoms with van der Waals surface area (Å²) in [7, 11) is 0. The summed E-state index contributed by atoms with van der Waals surface area (Å²) in [6.45, 7) is -2.76. The van der Waals surface area contributed by atoms with Crippen molar-refractivity contribution in [3.8, 4) is 69.0 Å². The maximum atomic E-state index is 12.1. The van der Waals surface area contributed by atoms with E-state index in [1.807, 2.05) is 0 Å². The molecule has 8 aromatic carbocycles. The molecule has 408 valence electrons. The summed E-state index contributed by atoms with van der Waals surface area (Å²) in [6.07, 6.45) is 0. The number of phenolic OH excluding ortho intramolecular Hbond substituents is 8. The number of aromatic hydroxyl groups is 8. The van der Waals surface area contributed by atoms with E-state index in [1.165, 1.54) is 121 Å². The lowest BCUT2D eigenvalue weighted by Gasteiger charge is -2.29. The number of rotatable bonds is 16. The van der Waals surface area contributed by atoms with Crippen LogP contribution in [0.4, 0.5) is 0 Å². The van der Waals surface area contributed by atoms with Crippen LogP contribution in [0.25, 0.3) is 0 Å². The van der Waals surface area contributed by atoms with Gasteiger partial charge in [-0.3, -0.25) is 0 Å². The minimum absolute atomic E-state index is 0.00438. The Labute approximate surface area is 453 Å². The first-order valence-electron chi connectivity index (χ1n) is 24.3. The van der Waals surface area contributed by atoms with Gasteiger partial charge < -0.3 is 80.2 Å². The summed E-state index contributed by atoms with van der Waals surface area (Å²) in [5, 5.41) is 134. The Morgan fingerprint density at radius 3 is 0.550 bits per heavy atom. The Hall–Kier alpha value is -10.8.